The fourth-order valence-corrected chi connectivity index (χ4v) is 4.02. The summed E-state index contributed by atoms with van der Waals surface area (Å²) in [5.41, 5.74) is 8.24. The third kappa shape index (κ3) is 5.96. The highest BCUT2D eigenvalue weighted by Gasteiger charge is 2.22. The topological polar surface area (TPSA) is 122 Å². The summed E-state index contributed by atoms with van der Waals surface area (Å²) in [4.78, 5) is 34.1. The van der Waals surface area contributed by atoms with E-state index in [0.717, 1.165) is 16.5 Å². The molecule has 0 unspecified atom stereocenters. The predicted octanol–water partition coefficient (Wildman–Crippen LogP) is 4.14. The molecule has 1 atom stereocenters. The van der Waals surface area contributed by atoms with Gasteiger partial charge in [0, 0.05) is 5.39 Å². The zero-order valence-corrected chi connectivity index (χ0v) is 20.3. The van der Waals surface area contributed by atoms with Crippen LogP contribution < -0.4 is 21.7 Å². The monoisotopic (exact) mass is 482 g/mol. The molecule has 3 aromatic carbocycles. The number of rotatable bonds is 9. The van der Waals surface area contributed by atoms with Gasteiger partial charge in [0.1, 0.15) is 11.9 Å². The molecule has 1 heterocycles. The Morgan fingerprint density at radius 3 is 2.00 bits per heavy atom. The van der Waals surface area contributed by atoms with E-state index in [1.54, 1.807) is 0 Å². The molecule has 4 aromatic rings. The first-order valence-electron chi connectivity index (χ1n) is 11.9. The van der Waals surface area contributed by atoms with Gasteiger partial charge in [0.05, 0.1) is 18.1 Å². The lowest BCUT2D eigenvalue weighted by Gasteiger charge is -2.21. The second kappa shape index (κ2) is 11.3. The number of para-hydroxylation sites is 1. The van der Waals surface area contributed by atoms with Crippen molar-refractivity contribution in [3.63, 3.8) is 0 Å². The van der Waals surface area contributed by atoms with Crippen LogP contribution in [0.5, 0.6) is 0 Å². The minimum Gasteiger partial charge on any atom is -0.368 e. The van der Waals surface area contributed by atoms with Crippen LogP contribution in [-0.4, -0.2) is 27.9 Å². The van der Waals surface area contributed by atoms with Gasteiger partial charge in [-0.1, -0.05) is 86.6 Å². The number of anilines is 1. The Balaban J connectivity index is 1.53. The van der Waals surface area contributed by atoms with Gasteiger partial charge in [-0.05, 0) is 29.2 Å². The average molecular weight is 483 g/mol. The van der Waals surface area contributed by atoms with Crippen LogP contribution in [0.4, 0.5) is 10.6 Å². The molecule has 0 aliphatic rings. The zero-order chi connectivity index (χ0) is 25.5. The third-order valence-corrected chi connectivity index (χ3v) is 5.86. The molecular formula is C28H30N6O2. The Morgan fingerprint density at radius 1 is 0.833 bits per heavy atom. The molecule has 8 heteroatoms. The predicted molar refractivity (Wildman–Crippen MR) is 141 cm³/mol. The Hall–Kier alpha value is -4.46. The van der Waals surface area contributed by atoms with Crippen molar-refractivity contribution in [1.29, 1.82) is 0 Å². The molecule has 1 aromatic heterocycles. The number of nitrogens with zero attached hydrogens (tertiary/aromatic N) is 2. The van der Waals surface area contributed by atoms with Crippen LogP contribution >= 0.6 is 0 Å². The van der Waals surface area contributed by atoms with Crippen molar-refractivity contribution in [1.82, 2.24) is 20.6 Å². The van der Waals surface area contributed by atoms with E-state index < -0.39 is 11.9 Å². The van der Waals surface area contributed by atoms with Crippen molar-refractivity contribution < 1.29 is 9.59 Å². The van der Waals surface area contributed by atoms with Crippen LogP contribution in [0.15, 0.2) is 84.9 Å². The molecule has 0 saturated carbocycles. The van der Waals surface area contributed by atoms with Crippen molar-refractivity contribution in [2.24, 2.45) is 11.7 Å². The van der Waals surface area contributed by atoms with Crippen molar-refractivity contribution in [3.8, 4) is 0 Å². The summed E-state index contributed by atoms with van der Waals surface area (Å²) < 4.78 is 0. The van der Waals surface area contributed by atoms with Crippen LogP contribution in [0.25, 0.3) is 10.9 Å². The molecule has 0 aliphatic heterocycles. The largest absolute Gasteiger partial charge is 0.368 e. The van der Waals surface area contributed by atoms with E-state index in [1.807, 2.05) is 98.8 Å². The van der Waals surface area contributed by atoms with Gasteiger partial charge in [-0.25, -0.2) is 14.8 Å². The van der Waals surface area contributed by atoms with E-state index in [4.69, 9.17) is 5.73 Å². The van der Waals surface area contributed by atoms with E-state index in [9.17, 15) is 9.59 Å². The number of benzene rings is 3. The molecule has 0 aliphatic carbocycles. The fourth-order valence-electron chi connectivity index (χ4n) is 4.02. The van der Waals surface area contributed by atoms with Crippen molar-refractivity contribution in [2.45, 2.75) is 32.5 Å². The lowest BCUT2D eigenvalue weighted by atomic mass is 9.99. The maximum atomic E-state index is 12.9. The van der Waals surface area contributed by atoms with Crippen LogP contribution in [-0.2, 0) is 11.3 Å². The number of fused-ring (bicyclic) bond motifs is 1. The first-order chi connectivity index (χ1) is 17.4. The number of carbonyl (C=O) groups is 2. The molecule has 0 bridgehead atoms. The third-order valence-electron chi connectivity index (χ3n) is 5.86. The van der Waals surface area contributed by atoms with E-state index >= 15 is 0 Å². The molecular weight excluding hydrogens is 452 g/mol. The molecule has 0 fully saturated rings. The minimum absolute atomic E-state index is 0.0310. The van der Waals surface area contributed by atoms with Gasteiger partial charge < -0.3 is 21.7 Å². The van der Waals surface area contributed by atoms with Gasteiger partial charge in [-0.3, -0.25) is 4.79 Å². The number of amides is 3. The van der Waals surface area contributed by atoms with E-state index in [-0.39, 0.29) is 24.5 Å². The van der Waals surface area contributed by atoms with Crippen LogP contribution in [0.2, 0.25) is 0 Å². The van der Waals surface area contributed by atoms with Gasteiger partial charge in [0.2, 0.25) is 5.91 Å². The van der Waals surface area contributed by atoms with Gasteiger partial charge in [-0.15, -0.1) is 0 Å². The lowest BCUT2D eigenvalue weighted by Crippen LogP contribution is -2.40. The quantitative estimate of drug-likeness (QED) is 0.286. The SMILES string of the molecule is CC(C)[C@H](Nc1nc(CNC(=O)NC(c2ccccc2)c2ccccc2)nc2ccccc12)C(N)=O. The van der Waals surface area contributed by atoms with Crippen LogP contribution in [0, 0.1) is 5.92 Å². The number of nitrogens with two attached hydrogens (primary N) is 1. The smallest absolute Gasteiger partial charge is 0.315 e. The number of carbonyl (C=O) groups excluding carboxylic acids is 2. The number of hydrogen-bond donors (Lipinski definition) is 4. The maximum Gasteiger partial charge on any atom is 0.315 e. The summed E-state index contributed by atoms with van der Waals surface area (Å²) in [5, 5.41) is 9.86. The zero-order valence-electron chi connectivity index (χ0n) is 20.3. The molecule has 5 N–H and O–H groups in total. The highest BCUT2D eigenvalue weighted by atomic mass is 16.2. The van der Waals surface area contributed by atoms with Gasteiger partial charge in [-0.2, -0.15) is 0 Å². The van der Waals surface area contributed by atoms with Gasteiger partial charge in [0.25, 0.3) is 0 Å². The highest BCUT2D eigenvalue weighted by Crippen LogP contribution is 2.23. The number of hydrogen-bond acceptors (Lipinski definition) is 5. The Kier molecular flexibility index (Phi) is 7.75. The summed E-state index contributed by atoms with van der Waals surface area (Å²) in [7, 11) is 0. The molecule has 36 heavy (non-hydrogen) atoms. The summed E-state index contributed by atoms with van der Waals surface area (Å²) in [6.45, 7) is 3.92. The average Bonchev–Trinajstić information content (AvgIpc) is 2.89. The molecule has 4 rings (SSSR count). The number of nitrogens with one attached hydrogen (secondary N) is 3. The number of aromatic nitrogens is 2. The standard InChI is InChI=1S/C28H30N6O2/c1-18(2)24(26(29)35)33-27-21-15-9-10-16-22(21)31-23(32-27)17-30-28(36)34-25(19-11-5-3-6-12-19)20-13-7-4-8-14-20/h3-16,18,24-25H,17H2,1-2H3,(H2,29,35)(H2,30,34,36)(H,31,32,33)/t24-/m0/s1. The first-order valence-corrected chi connectivity index (χ1v) is 11.9. The van der Waals surface area contributed by atoms with Gasteiger partial charge in [0.15, 0.2) is 5.82 Å². The highest BCUT2D eigenvalue weighted by molar-refractivity contribution is 5.92. The van der Waals surface area contributed by atoms with E-state index in [1.165, 1.54) is 0 Å². The molecule has 0 spiro atoms. The van der Waals surface area contributed by atoms with Crippen molar-refractivity contribution in [2.75, 3.05) is 5.32 Å². The van der Waals surface area contributed by atoms with E-state index in [2.05, 4.69) is 25.9 Å². The lowest BCUT2D eigenvalue weighted by molar-refractivity contribution is -0.119. The molecule has 3 amide bonds. The number of urea groups is 1. The maximum absolute atomic E-state index is 12.9. The van der Waals surface area contributed by atoms with Crippen molar-refractivity contribution in [3.05, 3.63) is 102 Å². The molecule has 8 nitrogen and oxygen atoms in total. The minimum atomic E-state index is -0.593. The number of primary amides is 1. The Morgan fingerprint density at radius 2 is 1.42 bits per heavy atom. The Labute approximate surface area is 210 Å². The van der Waals surface area contributed by atoms with Crippen LogP contribution in [0.3, 0.4) is 0 Å². The molecule has 184 valence electrons. The normalized spacial score (nSPS) is 11.9. The summed E-state index contributed by atoms with van der Waals surface area (Å²) in [6, 6.07) is 25.8. The second-order valence-corrected chi connectivity index (χ2v) is 8.86. The molecule has 0 saturated heterocycles. The second-order valence-electron chi connectivity index (χ2n) is 8.86. The van der Waals surface area contributed by atoms with Crippen LogP contribution in [0.1, 0.15) is 36.8 Å². The van der Waals surface area contributed by atoms with E-state index in [0.29, 0.717) is 17.2 Å². The van der Waals surface area contributed by atoms with Crippen molar-refractivity contribution >= 4 is 28.7 Å². The molecule has 0 radical (unpaired) electrons. The Bertz CT molecular complexity index is 1290. The summed E-state index contributed by atoms with van der Waals surface area (Å²) in [6.07, 6.45) is 0. The fraction of sp³-hybridized carbons (Fsp3) is 0.214. The first kappa shape index (κ1) is 24.7. The summed E-state index contributed by atoms with van der Waals surface area (Å²) in [5.74, 6) is 0.423. The summed E-state index contributed by atoms with van der Waals surface area (Å²) >= 11 is 0. The van der Waals surface area contributed by atoms with Gasteiger partial charge >= 0.3 is 6.03 Å².